The van der Waals surface area contributed by atoms with Gasteiger partial charge in [-0.2, -0.15) is 5.10 Å². The zero-order chi connectivity index (χ0) is 18.9. The number of hydrogen-bond donors (Lipinski definition) is 3. The molecule has 1 atom stereocenters. The van der Waals surface area contributed by atoms with Crippen molar-refractivity contribution in [1.82, 2.24) is 25.4 Å². The molecule has 3 rings (SSSR count). The Balaban J connectivity index is 1.41. The Hall–Kier alpha value is -1.96. The maximum absolute atomic E-state index is 10.3. The van der Waals surface area contributed by atoms with Crippen LogP contribution in [0.5, 0.6) is 5.75 Å². The van der Waals surface area contributed by atoms with Gasteiger partial charge in [0, 0.05) is 31.6 Å². The molecule has 27 heavy (non-hydrogen) atoms. The molecule has 7 nitrogen and oxygen atoms in total. The van der Waals surface area contributed by atoms with E-state index in [1.165, 1.54) is 19.3 Å². The highest BCUT2D eigenvalue weighted by Crippen LogP contribution is 2.18. The van der Waals surface area contributed by atoms with Crippen molar-refractivity contribution in [3.8, 4) is 5.75 Å². The van der Waals surface area contributed by atoms with Gasteiger partial charge in [0.05, 0.1) is 0 Å². The first kappa shape index (κ1) is 19.8. The van der Waals surface area contributed by atoms with Crippen LogP contribution in [-0.4, -0.2) is 64.1 Å². The standard InChI is InChI=1S/C20H31N5O2/c1-16-22-20(24-23-16)9-10-21-13-17-7-3-4-8-19(17)27-15-18(26)14-25-11-5-2-6-12-25/h3-4,7-8,18,21,26H,2,5-6,9-15H2,1H3,(H,22,23,24)/t18-/m1/s1. The number of aromatic nitrogens is 3. The summed E-state index contributed by atoms with van der Waals surface area (Å²) < 4.78 is 5.91. The first-order valence-electron chi connectivity index (χ1n) is 9.90. The molecular weight excluding hydrogens is 342 g/mol. The number of hydrogen-bond acceptors (Lipinski definition) is 6. The minimum Gasteiger partial charge on any atom is -0.491 e. The Morgan fingerprint density at radius 1 is 1.26 bits per heavy atom. The minimum atomic E-state index is -0.460. The Bertz CT molecular complexity index is 685. The molecule has 2 aromatic rings. The zero-order valence-corrected chi connectivity index (χ0v) is 16.2. The van der Waals surface area contributed by atoms with Gasteiger partial charge in [0.15, 0.2) is 5.82 Å². The van der Waals surface area contributed by atoms with Gasteiger partial charge in [-0.1, -0.05) is 24.6 Å². The largest absolute Gasteiger partial charge is 0.491 e. The number of aryl methyl sites for hydroxylation is 1. The van der Waals surface area contributed by atoms with Crippen molar-refractivity contribution >= 4 is 0 Å². The number of aromatic amines is 1. The molecule has 1 saturated heterocycles. The zero-order valence-electron chi connectivity index (χ0n) is 16.2. The Kier molecular flexibility index (Phi) is 7.62. The van der Waals surface area contributed by atoms with Crippen LogP contribution >= 0.6 is 0 Å². The number of aliphatic hydroxyl groups is 1. The summed E-state index contributed by atoms with van der Waals surface area (Å²) >= 11 is 0. The summed E-state index contributed by atoms with van der Waals surface area (Å²) in [6.45, 7) is 6.59. The topological polar surface area (TPSA) is 86.3 Å². The van der Waals surface area contributed by atoms with Gasteiger partial charge in [0.2, 0.25) is 0 Å². The van der Waals surface area contributed by atoms with Crippen LogP contribution in [0.1, 0.15) is 36.5 Å². The van der Waals surface area contributed by atoms with E-state index < -0.39 is 6.10 Å². The van der Waals surface area contributed by atoms with Crippen molar-refractivity contribution in [2.75, 3.05) is 32.8 Å². The molecule has 0 amide bonds. The lowest BCUT2D eigenvalue weighted by molar-refractivity contribution is 0.0614. The van der Waals surface area contributed by atoms with Crippen molar-refractivity contribution in [3.05, 3.63) is 41.5 Å². The molecule has 148 valence electrons. The fourth-order valence-electron chi connectivity index (χ4n) is 3.39. The first-order chi connectivity index (χ1) is 13.2. The molecule has 1 aliphatic heterocycles. The van der Waals surface area contributed by atoms with Crippen LogP contribution in [-0.2, 0) is 13.0 Å². The molecule has 0 spiro atoms. The molecule has 1 aromatic heterocycles. The average Bonchev–Trinajstić information content (AvgIpc) is 3.10. The van der Waals surface area contributed by atoms with E-state index in [1.54, 1.807) is 0 Å². The second-order valence-corrected chi connectivity index (χ2v) is 7.20. The Labute approximate surface area is 161 Å². The number of nitrogens with zero attached hydrogens (tertiary/aromatic N) is 3. The summed E-state index contributed by atoms with van der Waals surface area (Å²) in [5.74, 6) is 2.49. The third-order valence-corrected chi connectivity index (χ3v) is 4.81. The summed E-state index contributed by atoms with van der Waals surface area (Å²) in [5.41, 5.74) is 1.09. The molecule has 7 heteroatoms. The summed E-state index contributed by atoms with van der Waals surface area (Å²) in [6.07, 6.45) is 4.09. The highest BCUT2D eigenvalue weighted by atomic mass is 16.5. The van der Waals surface area contributed by atoms with Crippen molar-refractivity contribution in [3.63, 3.8) is 0 Å². The number of aliphatic hydroxyl groups excluding tert-OH is 1. The SMILES string of the molecule is Cc1nc(CCNCc2ccccc2OC[C@H](O)CN2CCCCC2)n[nH]1. The van der Waals surface area contributed by atoms with Crippen molar-refractivity contribution in [2.45, 2.75) is 45.3 Å². The van der Waals surface area contributed by atoms with Crippen molar-refractivity contribution < 1.29 is 9.84 Å². The van der Waals surface area contributed by atoms with Crippen LogP contribution in [0.3, 0.4) is 0 Å². The Morgan fingerprint density at radius 3 is 2.85 bits per heavy atom. The smallest absolute Gasteiger partial charge is 0.151 e. The van der Waals surface area contributed by atoms with Gasteiger partial charge >= 0.3 is 0 Å². The maximum atomic E-state index is 10.3. The Morgan fingerprint density at radius 2 is 2.07 bits per heavy atom. The van der Waals surface area contributed by atoms with Gasteiger partial charge in [-0.25, -0.2) is 4.98 Å². The summed E-state index contributed by atoms with van der Waals surface area (Å²) in [4.78, 5) is 6.64. The van der Waals surface area contributed by atoms with E-state index in [-0.39, 0.29) is 0 Å². The van der Waals surface area contributed by atoms with Crippen LogP contribution in [0.2, 0.25) is 0 Å². The van der Waals surface area contributed by atoms with E-state index in [9.17, 15) is 5.11 Å². The molecule has 1 aromatic carbocycles. The van der Waals surface area contributed by atoms with Gasteiger partial charge in [-0.3, -0.25) is 5.10 Å². The molecule has 0 radical (unpaired) electrons. The molecular formula is C20H31N5O2. The van der Waals surface area contributed by atoms with Crippen LogP contribution in [0, 0.1) is 6.92 Å². The molecule has 1 aliphatic rings. The second-order valence-electron chi connectivity index (χ2n) is 7.20. The fraction of sp³-hybridized carbons (Fsp3) is 0.600. The van der Waals surface area contributed by atoms with E-state index in [2.05, 4.69) is 31.5 Å². The number of H-pyrrole nitrogens is 1. The molecule has 0 bridgehead atoms. The summed E-state index contributed by atoms with van der Waals surface area (Å²) in [7, 11) is 0. The molecule has 3 N–H and O–H groups in total. The lowest BCUT2D eigenvalue weighted by atomic mass is 10.1. The van der Waals surface area contributed by atoms with Crippen LogP contribution in [0.4, 0.5) is 0 Å². The van der Waals surface area contributed by atoms with Gasteiger partial charge in [0.1, 0.15) is 24.3 Å². The molecule has 0 unspecified atom stereocenters. The number of benzene rings is 1. The molecule has 0 aliphatic carbocycles. The summed E-state index contributed by atoms with van der Waals surface area (Å²) in [5, 5.41) is 20.7. The normalized spacial score (nSPS) is 16.4. The van der Waals surface area contributed by atoms with E-state index in [4.69, 9.17) is 4.74 Å². The number of nitrogens with one attached hydrogen (secondary N) is 2. The van der Waals surface area contributed by atoms with Crippen LogP contribution < -0.4 is 10.1 Å². The van der Waals surface area contributed by atoms with Gasteiger partial charge < -0.3 is 20.1 Å². The van der Waals surface area contributed by atoms with Crippen LogP contribution in [0.15, 0.2) is 24.3 Å². The second kappa shape index (κ2) is 10.4. The highest BCUT2D eigenvalue weighted by molar-refractivity contribution is 5.33. The van der Waals surface area contributed by atoms with Crippen molar-refractivity contribution in [2.24, 2.45) is 0 Å². The van der Waals surface area contributed by atoms with Gasteiger partial charge in [-0.15, -0.1) is 0 Å². The third-order valence-electron chi connectivity index (χ3n) is 4.81. The number of rotatable bonds is 10. The molecule has 2 heterocycles. The monoisotopic (exact) mass is 373 g/mol. The molecule has 1 fully saturated rings. The van der Waals surface area contributed by atoms with Gasteiger partial charge in [0.25, 0.3) is 0 Å². The predicted molar refractivity (Wildman–Crippen MR) is 105 cm³/mol. The van der Waals surface area contributed by atoms with Crippen LogP contribution in [0.25, 0.3) is 0 Å². The summed E-state index contributed by atoms with van der Waals surface area (Å²) in [6, 6.07) is 7.98. The number of likely N-dealkylation sites (tertiary alicyclic amines) is 1. The number of β-amino-alcohol motifs (C(OH)–C–C–N with tert-alkyl or cyclic N) is 1. The molecule has 0 saturated carbocycles. The average molecular weight is 374 g/mol. The van der Waals surface area contributed by atoms with E-state index in [0.717, 1.165) is 49.0 Å². The highest BCUT2D eigenvalue weighted by Gasteiger charge is 2.15. The lowest BCUT2D eigenvalue weighted by Crippen LogP contribution is -2.38. The quantitative estimate of drug-likeness (QED) is 0.549. The number of ether oxygens (including phenoxy) is 1. The fourth-order valence-corrected chi connectivity index (χ4v) is 3.39. The third kappa shape index (κ3) is 6.61. The van der Waals surface area contributed by atoms with Gasteiger partial charge in [-0.05, 0) is 38.9 Å². The van der Waals surface area contributed by atoms with E-state index in [0.29, 0.717) is 19.7 Å². The predicted octanol–water partition coefficient (Wildman–Crippen LogP) is 1.67. The van der Waals surface area contributed by atoms with Crippen molar-refractivity contribution in [1.29, 1.82) is 0 Å². The van der Waals surface area contributed by atoms with E-state index in [1.807, 2.05) is 25.1 Å². The first-order valence-corrected chi connectivity index (χ1v) is 9.90. The lowest BCUT2D eigenvalue weighted by Gasteiger charge is -2.28. The number of para-hydroxylation sites is 1. The van der Waals surface area contributed by atoms with E-state index >= 15 is 0 Å². The maximum Gasteiger partial charge on any atom is 0.151 e. The minimum absolute atomic E-state index is 0.323. The number of piperidine rings is 1.